The maximum Gasteiger partial charge on any atom is 0.353 e. The summed E-state index contributed by atoms with van der Waals surface area (Å²) in [5.41, 5.74) is -0.617. The van der Waals surface area contributed by atoms with Crippen molar-refractivity contribution in [2.24, 2.45) is 5.16 Å². The molecule has 1 fully saturated rings. The SMILES string of the molecule is CC(C)(C)OC(=O)C(C)(C)O/N=C(/C(=O)NC1C(=O)N2C(C(=O)O)=C(CSC#N)CS[C@H]12)c1csc(NC(c2ccccc2)(c2ccccc2)c2ccccc2)n1. The molecule has 1 aromatic heterocycles. The monoisotopic (exact) mass is 824 g/mol. The van der Waals surface area contributed by atoms with Crippen LogP contribution >= 0.6 is 34.9 Å². The Bertz CT molecular complexity index is 2150. The van der Waals surface area contributed by atoms with Crippen LogP contribution in [0.4, 0.5) is 5.13 Å². The summed E-state index contributed by atoms with van der Waals surface area (Å²) in [7, 11) is 0. The Kier molecular flexibility index (Phi) is 12.1. The van der Waals surface area contributed by atoms with Crippen LogP contribution in [-0.2, 0) is 34.3 Å². The number of rotatable bonds is 14. The number of fused-ring (bicyclic) bond motifs is 1. The summed E-state index contributed by atoms with van der Waals surface area (Å²) in [6.45, 7) is 8.05. The average Bonchev–Trinajstić information content (AvgIpc) is 3.65. The van der Waals surface area contributed by atoms with Gasteiger partial charge in [-0.25, -0.2) is 14.6 Å². The molecular weight excluding hydrogens is 785 g/mol. The zero-order chi connectivity index (χ0) is 41.0. The molecule has 6 rings (SSSR count). The number of oxime groups is 1. The fraction of sp³-hybridized carbons (Fsp3) is 0.293. The van der Waals surface area contributed by atoms with Crippen LogP contribution in [0.15, 0.2) is 113 Å². The second kappa shape index (κ2) is 16.8. The highest BCUT2D eigenvalue weighted by atomic mass is 32.2. The largest absolute Gasteiger partial charge is 0.477 e. The molecule has 0 saturated carbocycles. The van der Waals surface area contributed by atoms with Gasteiger partial charge < -0.3 is 25.3 Å². The van der Waals surface area contributed by atoms with Gasteiger partial charge in [0.1, 0.15) is 39.3 Å². The van der Waals surface area contributed by atoms with E-state index in [-0.39, 0.29) is 28.6 Å². The van der Waals surface area contributed by atoms with Crippen LogP contribution in [0.5, 0.6) is 0 Å². The number of aromatic nitrogens is 1. The number of thiazole rings is 1. The predicted molar refractivity (Wildman–Crippen MR) is 220 cm³/mol. The Morgan fingerprint density at radius 1 is 0.965 bits per heavy atom. The Morgan fingerprint density at radius 3 is 2.04 bits per heavy atom. The van der Waals surface area contributed by atoms with Gasteiger partial charge in [0.05, 0.1) is 0 Å². The first-order valence-corrected chi connectivity index (χ1v) is 20.7. The molecule has 3 heterocycles. The molecule has 0 spiro atoms. The number of carboxylic acid groups (broad SMARTS) is 1. The highest BCUT2D eigenvalue weighted by Gasteiger charge is 2.54. The Morgan fingerprint density at radius 2 is 1.53 bits per heavy atom. The predicted octanol–water partition coefficient (Wildman–Crippen LogP) is 6.34. The molecule has 16 heteroatoms. The van der Waals surface area contributed by atoms with Crippen molar-refractivity contribution in [1.29, 1.82) is 5.26 Å². The summed E-state index contributed by atoms with van der Waals surface area (Å²) in [5.74, 6) is -3.12. The normalized spacial score (nSPS) is 17.2. The molecular formula is C41H40N6O7S3. The standard InChI is InChI=1S/C41H40N6O7S3/c1-39(2,3)53-37(52)40(4,5)54-46-30(33(48)44-31-34(49)47-32(36(50)51)25(21-55-24-42)22-56-35(31)47)29-23-57-38(43-29)45-41(26-15-9-6-10-16-26,27-17-11-7-12-18-27)28-19-13-8-14-20-28/h6-20,23,31,35H,21-22H2,1-5H3,(H,43,45)(H,44,48)(H,50,51)/b46-30+/t31?,35-/m1/s1. The van der Waals surface area contributed by atoms with E-state index >= 15 is 0 Å². The number of carbonyl (C=O) groups is 4. The molecule has 0 aliphatic carbocycles. The summed E-state index contributed by atoms with van der Waals surface area (Å²) < 4.78 is 5.53. The van der Waals surface area contributed by atoms with Crippen LogP contribution in [0.2, 0.25) is 0 Å². The molecule has 3 aromatic carbocycles. The molecule has 2 atom stereocenters. The van der Waals surface area contributed by atoms with Crippen molar-refractivity contribution in [1.82, 2.24) is 15.2 Å². The number of amides is 2. The highest BCUT2D eigenvalue weighted by Crippen LogP contribution is 2.42. The van der Waals surface area contributed by atoms with E-state index in [0.717, 1.165) is 33.4 Å². The van der Waals surface area contributed by atoms with Gasteiger partial charge in [0.25, 0.3) is 11.8 Å². The number of hydrogen-bond donors (Lipinski definition) is 3. The summed E-state index contributed by atoms with van der Waals surface area (Å²) in [5, 5.41) is 32.8. The molecule has 13 nitrogen and oxygen atoms in total. The minimum atomic E-state index is -1.64. The number of thioether (sulfide) groups is 2. The number of aliphatic carboxylic acids is 1. The first-order valence-electron chi connectivity index (χ1n) is 17.8. The smallest absolute Gasteiger partial charge is 0.353 e. The molecule has 1 unspecified atom stereocenters. The first kappa shape index (κ1) is 41.0. The number of nitriles is 1. The van der Waals surface area contributed by atoms with Crippen LogP contribution in [0.25, 0.3) is 0 Å². The molecule has 3 N–H and O–H groups in total. The maximum absolute atomic E-state index is 14.2. The molecule has 2 aliphatic rings. The van der Waals surface area contributed by atoms with Gasteiger partial charge in [0.15, 0.2) is 10.8 Å². The second-order valence-electron chi connectivity index (χ2n) is 14.6. The molecule has 1 saturated heterocycles. The number of thiocyanates is 1. The Balaban J connectivity index is 1.37. The van der Waals surface area contributed by atoms with Crippen LogP contribution in [0.1, 0.15) is 57.0 Å². The molecule has 4 aromatic rings. The molecule has 2 aliphatic heterocycles. The van der Waals surface area contributed by atoms with Crippen molar-refractivity contribution in [3.05, 3.63) is 130 Å². The van der Waals surface area contributed by atoms with Gasteiger partial charge in [-0.1, -0.05) is 96.2 Å². The van der Waals surface area contributed by atoms with E-state index in [0.29, 0.717) is 10.7 Å². The van der Waals surface area contributed by atoms with E-state index in [2.05, 4.69) is 15.8 Å². The van der Waals surface area contributed by atoms with E-state index in [4.69, 9.17) is 19.8 Å². The number of anilines is 1. The molecule has 57 heavy (non-hydrogen) atoms. The topological polar surface area (TPSA) is 183 Å². The van der Waals surface area contributed by atoms with Crippen molar-refractivity contribution in [2.45, 2.75) is 62.8 Å². The zero-order valence-electron chi connectivity index (χ0n) is 31.7. The van der Waals surface area contributed by atoms with Gasteiger partial charge in [-0.15, -0.1) is 23.1 Å². The highest BCUT2D eigenvalue weighted by molar-refractivity contribution is 8.04. The first-order chi connectivity index (χ1) is 27.2. The van der Waals surface area contributed by atoms with E-state index in [9.17, 15) is 24.3 Å². The van der Waals surface area contributed by atoms with E-state index in [1.54, 1.807) is 26.2 Å². The zero-order valence-corrected chi connectivity index (χ0v) is 34.2. The van der Waals surface area contributed by atoms with Crippen LogP contribution in [-0.4, -0.2) is 78.6 Å². The third kappa shape index (κ3) is 8.70. The molecule has 0 bridgehead atoms. The third-order valence-electron chi connectivity index (χ3n) is 8.98. The van der Waals surface area contributed by atoms with E-state index in [1.165, 1.54) is 36.9 Å². The summed E-state index contributed by atoms with van der Waals surface area (Å²) in [4.78, 5) is 64.8. The number of hydrogen-bond acceptors (Lipinski definition) is 13. The molecule has 0 radical (unpaired) electrons. The Labute approximate surface area is 342 Å². The van der Waals surface area contributed by atoms with Gasteiger partial charge in [0, 0.05) is 16.9 Å². The van der Waals surface area contributed by atoms with Gasteiger partial charge >= 0.3 is 11.9 Å². The molecule has 294 valence electrons. The maximum atomic E-state index is 14.2. The van der Waals surface area contributed by atoms with Crippen LogP contribution in [0.3, 0.4) is 0 Å². The number of carboxylic acids is 1. The summed E-state index contributed by atoms with van der Waals surface area (Å²) >= 11 is 3.37. The van der Waals surface area contributed by atoms with Crippen molar-refractivity contribution in [2.75, 3.05) is 16.8 Å². The van der Waals surface area contributed by atoms with Crippen LogP contribution in [0, 0.1) is 10.7 Å². The number of β-lactam (4-membered cyclic amide) rings is 1. The lowest BCUT2D eigenvalue weighted by Crippen LogP contribution is -2.71. The Hall–Kier alpha value is -5.63. The quantitative estimate of drug-likeness (QED) is 0.0321. The van der Waals surface area contributed by atoms with Crippen LogP contribution < -0.4 is 10.6 Å². The minimum absolute atomic E-state index is 0.0879. The van der Waals surface area contributed by atoms with Crippen molar-refractivity contribution < 1.29 is 33.9 Å². The number of nitrogens with one attached hydrogen (secondary N) is 2. The number of carbonyl (C=O) groups excluding carboxylic acids is 3. The summed E-state index contributed by atoms with van der Waals surface area (Å²) in [6.07, 6.45) is 0. The van der Waals surface area contributed by atoms with Crippen molar-refractivity contribution in [3.8, 4) is 5.40 Å². The van der Waals surface area contributed by atoms with E-state index in [1.807, 2.05) is 96.4 Å². The number of ether oxygens (including phenoxy) is 1. The lowest BCUT2D eigenvalue weighted by Gasteiger charge is -2.49. The molecule has 2 amide bonds. The number of benzene rings is 3. The fourth-order valence-electron chi connectivity index (χ4n) is 6.31. The van der Waals surface area contributed by atoms with Gasteiger partial charge in [-0.05, 0) is 68.6 Å². The van der Waals surface area contributed by atoms with Crippen molar-refractivity contribution in [3.63, 3.8) is 0 Å². The lowest BCUT2D eigenvalue weighted by atomic mass is 9.77. The van der Waals surface area contributed by atoms with Gasteiger partial charge in [0.2, 0.25) is 5.60 Å². The van der Waals surface area contributed by atoms with Crippen molar-refractivity contribution >= 4 is 69.5 Å². The minimum Gasteiger partial charge on any atom is -0.477 e. The summed E-state index contributed by atoms with van der Waals surface area (Å²) in [6, 6.07) is 28.6. The third-order valence-corrected chi connectivity index (χ3v) is 11.7. The lowest BCUT2D eigenvalue weighted by molar-refractivity contribution is -0.179. The fourth-order valence-corrected chi connectivity index (χ4v) is 9.01. The second-order valence-corrected chi connectivity index (χ2v) is 17.3. The number of nitrogens with zero attached hydrogens (tertiary/aromatic N) is 4. The van der Waals surface area contributed by atoms with Gasteiger partial charge in [-0.3, -0.25) is 14.5 Å². The van der Waals surface area contributed by atoms with E-state index < -0.39 is 51.9 Å². The number of esters is 1. The average molecular weight is 825 g/mol. The van der Waals surface area contributed by atoms with Gasteiger partial charge in [-0.2, -0.15) is 5.26 Å².